The van der Waals surface area contributed by atoms with Crippen LogP contribution in [0.25, 0.3) is 0 Å². The van der Waals surface area contributed by atoms with Gasteiger partial charge in [0.1, 0.15) is 18.8 Å². The number of carbonyl (C=O) groups is 2. The van der Waals surface area contributed by atoms with Gasteiger partial charge in [-0.2, -0.15) is 0 Å². The molecule has 1 aliphatic heterocycles. The maximum Gasteiger partial charge on any atom is 0.313 e. The van der Waals surface area contributed by atoms with E-state index in [4.69, 9.17) is 9.47 Å². The minimum Gasteiger partial charge on any atom is -0.477 e. The maximum absolute atomic E-state index is 10.9. The van der Waals surface area contributed by atoms with Gasteiger partial charge in [0.2, 0.25) is 5.90 Å². The first kappa shape index (κ1) is 9.70. The Hall–Kier alpha value is -1.39. The van der Waals surface area contributed by atoms with Gasteiger partial charge in [0.25, 0.3) is 0 Å². The van der Waals surface area contributed by atoms with Crippen molar-refractivity contribution in [2.45, 2.75) is 13.3 Å². The van der Waals surface area contributed by atoms with Crippen LogP contribution in [0.15, 0.2) is 4.99 Å². The SMILES string of the molecule is CC(=O)CC(=O)OCC1=NCCO1. The monoisotopic (exact) mass is 185 g/mol. The quantitative estimate of drug-likeness (QED) is 0.454. The Morgan fingerprint density at radius 2 is 2.38 bits per heavy atom. The molecule has 0 spiro atoms. The fourth-order valence-corrected chi connectivity index (χ4v) is 0.863. The molecule has 0 aromatic heterocycles. The molecule has 0 fully saturated rings. The minimum atomic E-state index is -0.536. The molecule has 0 aromatic carbocycles. The highest BCUT2D eigenvalue weighted by molar-refractivity contribution is 5.94. The first-order valence-corrected chi connectivity index (χ1v) is 3.99. The van der Waals surface area contributed by atoms with Gasteiger partial charge in [0, 0.05) is 0 Å². The number of ketones is 1. The predicted molar refractivity (Wildman–Crippen MR) is 44.5 cm³/mol. The maximum atomic E-state index is 10.9. The molecule has 0 saturated heterocycles. The molecule has 0 radical (unpaired) electrons. The van der Waals surface area contributed by atoms with E-state index in [0.29, 0.717) is 19.0 Å². The second-order valence-corrected chi connectivity index (χ2v) is 2.66. The molecule has 1 heterocycles. The molecule has 0 amide bonds. The average molecular weight is 185 g/mol. The molecule has 1 aliphatic rings. The molecule has 0 saturated carbocycles. The molecule has 0 N–H and O–H groups in total. The lowest BCUT2D eigenvalue weighted by molar-refractivity contribution is -0.144. The van der Waals surface area contributed by atoms with Crippen LogP contribution in [-0.2, 0) is 19.1 Å². The molecule has 5 heteroatoms. The van der Waals surface area contributed by atoms with Gasteiger partial charge >= 0.3 is 5.97 Å². The van der Waals surface area contributed by atoms with Crippen LogP contribution in [0.4, 0.5) is 0 Å². The van der Waals surface area contributed by atoms with Gasteiger partial charge in [-0.05, 0) is 6.92 Å². The van der Waals surface area contributed by atoms with Crippen LogP contribution in [-0.4, -0.2) is 37.4 Å². The summed E-state index contributed by atoms with van der Waals surface area (Å²) in [5.74, 6) is -0.318. The number of rotatable bonds is 4. The van der Waals surface area contributed by atoms with Crippen molar-refractivity contribution < 1.29 is 19.1 Å². The Labute approximate surface area is 75.7 Å². The zero-order chi connectivity index (χ0) is 9.68. The molecule has 72 valence electrons. The smallest absolute Gasteiger partial charge is 0.313 e. The molecule has 0 aromatic rings. The number of Topliss-reactive ketones (excluding diaryl/α,β-unsaturated/α-hetero) is 1. The highest BCUT2D eigenvalue weighted by Crippen LogP contribution is 1.96. The van der Waals surface area contributed by atoms with Crippen molar-refractivity contribution in [3.8, 4) is 0 Å². The summed E-state index contributed by atoms with van der Waals surface area (Å²) < 4.78 is 9.72. The summed E-state index contributed by atoms with van der Waals surface area (Å²) in [6.07, 6.45) is -0.187. The van der Waals surface area contributed by atoms with Crippen LogP contribution in [0.1, 0.15) is 13.3 Å². The topological polar surface area (TPSA) is 65.0 Å². The first-order valence-electron chi connectivity index (χ1n) is 3.99. The summed E-state index contributed by atoms with van der Waals surface area (Å²) in [5, 5.41) is 0. The molecule has 0 unspecified atom stereocenters. The van der Waals surface area contributed by atoms with Crippen molar-refractivity contribution in [2.24, 2.45) is 4.99 Å². The minimum absolute atomic E-state index is 0.0338. The zero-order valence-corrected chi connectivity index (χ0v) is 7.41. The second kappa shape index (κ2) is 4.59. The van der Waals surface area contributed by atoms with Crippen molar-refractivity contribution in [3.05, 3.63) is 0 Å². The molecule has 0 bridgehead atoms. The first-order chi connectivity index (χ1) is 6.18. The van der Waals surface area contributed by atoms with E-state index >= 15 is 0 Å². The number of esters is 1. The number of carbonyl (C=O) groups excluding carboxylic acids is 2. The van der Waals surface area contributed by atoms with Crippen molar-refractivity contribution in [1.29, 1.82) is 0 Å². The van der Waals surface area contributed by atoms with Crippen LogP contribution in [0.2, 0.25) is 0 Å². The molecule has 1 rings (SSSR count). The third kappa shape index (κ3) is 3.68. The lowest BCUT2D eigenvalue weighted by atomic mass is 10.3. The Morgan fingerprint density at radius 1 is 1.62 bits per heavy atom. The molecule has 0 aliphatic carbocycles. The number of aliphatic imine (C=N–C) groups is 1. The number of nitrogens with zero attached hydrogens (tertiary/aromatic N) is 1. The van der Waals surface area contributed by atoms with E-state index in [1.165, 1.54) is 6.92 Å². The van der Waals surface area contributed by atoms with Crippen molar-refractivity contribution in [3.63, 3.8) is 0 Å². The van der Waals surface area contributed by atoms with Gasteiger partial charge in [0.05, 0.1) is 6.54 Å². The molecular formula is C8H11NO4. The lowest BCUT2D eigenvalue weighted by Gasteiger charge is -2.02. The Morgan fingerprint density at radius 3 is 2.92 bits per heavy atom. The highest BCUT2D eigenvalue weighted by atomic mass is 16.6. The molecule has 13 heavy (non-hydrogen) atoms. The Balaban J connectivity index is 2.18. The summed E-state index contributed by atoms with van der Waals surface area (Å²) in [5.41, 5.74) is 0. The van der Waals surface area contributed by atoms with E-state index in [-0.39, 0.29) is 18.8 Å². The van der Waals surface area contributed by atoms with Crippen LogP contribution in [0.5, 0.6) is 0 Å². The van der Waals surface area contributed by atoms with Crippen LogP contribution >= 0.6 is 0 Å². The summed E-state index contributed by atoms with van der Waals surface area (Å²) >= 11 is 0. The van der Waals surface area contributed by atoms with E-state index in [1.54, 1.807) is 0 Å². The Kier molecular flexibility index (Phi) is 3.42. The van der Waals surface area contributed by atoms with Crippen LogP contribution < -0.4 is 0 Å². The normalized spacial score (nSPS) is 14.7. The van der Waals surface area contributed by atoms with Gasteiger partial charge in [-0.15, -0.1) is 0 Å². The van der Waals surface area contributed by atoms with Crippen molar-refractivity contribution in [1.82, 2.24) is 0 Å². The van der Waals surface area contributed by atoms with Crippen molar-refractivity contribution >= 4 is 17.7 Å². The molecule has 5 nitrogen and oxygen atoms in total. The standard InChI is InChI=1S/C8H11NO4/c1-6(10)4-8(11)13-5-7-9-2-3-12-7/h2-5H2,1H3. The number of ether oxygens (including phenoxy) is 2. The van der Waals surface area contributed by atoms with Gasteiger partial charge in [-0.25, -0.2) is 4.99 Å². The van der Waals surface area contributed by atoms with E-state index in [9.17, 15) is 9.59 Å². The fourth-order valence-electron chi connectivity index (χ4n) is 0.863. The third-order valence-electron chi connectivity index (χ3n) is 1.40. The largest absolute Gasteiger partial charge is 0.477 e. The van der Waals surface area contributed by atoms with Crippen LogP contribution in [0, 0.1) is 0 Å². The lowest BCUT2D eigenvalue weighted by Crippen LogP contribution is -2.15. The van der Waals surface area contributed by atoms with E-state index in [1.807, 2.05) is 0 Å². The summed E-state index contributed by atoms with van der Waals surface area (Å²) in [4.78, 5) is 25.3. The fraction of sp³-hybridized carbons (Fsp3) is 0.625. The summed E-state index contributed by atoms with van der Waals surface area (Å²) in [6, 6.07) is 0. The van der Waals surface area contributed by atoms with Crippen molar-refractivity contribution in [2.75, 3.05) is 19.8 Å². The molecule has 0 atom stereocenters. The van der Waals surface area contributed by atoms with Crippen LogP contribution in [0.3, 0.4) is 0 Å². The summed E-state index contributed by atoms with van der Waals surface area (Å²) in [7, 11) is 0. The average Bonchev–Trinajstić information content (AvgIpc) is 2.51. The van der Waals surface area contributed by atoms with E-state index < -0.39 is 5.97 Å². The Bertz CT molecular complexity index is 247. The molecular weight excluding hydrogens is 174 g/mol. The van der Waals surface area contributed by atoms with Gasteiger partial charge in [0.15, 0.2) is 6.61 Å². The van der Waals surface area contributed by atoms with Gasteiger partial charge < -0.3 is 9.47 Å². The third-order valence-corrected chi connectivity index (χ3v) is 1.40. The number of hydrogen-bond acceptors (Lipinski definition) is 5. The highest BCUT2D eigenvalue weighted by Gasteiger charge is 2.11. The number of hydrogen-bond donors (Lipinski definition) is 0. The van der Waals surface area contributed by atoms with E-state index in [0.717, 1.165) is 0 Å². The summed E-state index contributed by atoms with van der Waals surface area (Å²) in [6.45, 7) is 2.52. The van der Waals surface area contributed by atoms with E-state index in [2.05, 4.69) is 4.99 Å². The van der Waals surface area contributed by atoms with Gasteiger partial charge in [-0.1, -0.05) is 0 Å². The van der Waals surface area contributed by atoms with Gasteiger partial charge in [-0.3, -0.25) is 9.59 Å². The zero-order valence-electron chi connectivity index (χ0n) is 7.41. The predicted octanol–water partition coefficient (Wildman–Crippen LogP) is -0.0626. The second-order valence-electron chi connectivity index (χ2n) is 2.66.